The summed E-state index contributed by atoms with van der Waals surface area (Å²) in [5, 5.41) is 9.73. The summed E-state index contributed by atoms with van der Waals surface area (Å²) in [5.74, 6) is 1.10. The smallest absolute Gasteiger partial charge is 0.119 e. The van der Waals surface area contributed by atoms with E-state index in [2.05, 4.69) is 38.1 Å². The summed E-state index contributed by atoms with van der Waals surface area (Å²) >= 11 is 0. The molecule has 0 saturated carbocycles. The van der Waals surface area contributed by atoms with Gasteiger partial charge in [-0.1, -0.05) is 30.3 Å². The first-order valence-electron chi connectivity index (χ1n) is 7.43. The fourth-order valence-corrected chi connectivity index (χ4v) is 2.79. The topological polar surface area (TPSA) is 29.5 Å². The Kier molecular flexibility index (Phi) is 5.40. The molecule has 0 aliphatic carbocycles. The molecule has 1 atom stereocenters. The molecule has 112 valence electrons. The molecule has 2 aromatic rings. The number of hydrogen-bond acceptors (Lipinski definition) is 2. The van der Waals surface area contributed by atoms with E-state index in [4.69, 9.17) is 4.74 Å². The van der Waals surface area contributed by atoms with Crippen molar-refractivity contribution in [2.24, 2.45) is 5.92 Å². The highest BCUT2D eigenvalue weighted by Crippen LogP contribution is 2.22. The number of hydrogen-bond donors (Lipinski definition) is 1. The number of aryl methyl sites for hydroxylation is 2. The molecule has 1 N–H and O–H groups in total. The van der Waals surface area contributed by atoms with Crippen LogP contribution in [0.1, 0.15) is 22.3 Å². The van der Waals surface area contributed by atoms with E-state index in [1.54, 1.807) is 7.11 Å². The maximum atomic E-state index is 9.73. The Balaban J connectivity index is 2.13. The summed E-state index contributed by atoms with van der Waals surface area (Å²) in [5.41, 5.74) is 5.18. The molecule has 0 amide bonds. The summed E-state index contributed by atoms with van der Waals surface area (Å²) in [4.78, 5) is 0. The van der Waals surface area contributed by atoms with Crippen molar-refractivity contribution in [2.45, 2.75) is 26.7 Å². The Morgan fingerprint density at radius 1 is 1.00 bits per heavy atom. The maximum Gasteiger partial charge on any atom is 0.119 e. The van der Waals surface area contributed by atoms with Crippen LogP contribution in [-0.2, 0) is 12.8 Å². The lowest BCUT2D eigenvalue weighted by Crippen LogP contribution is -2.14. The average Bonchev–Trinajstić information content (AvgIpc) is 2.50. The van der Waals surface area contributed by atoms with Gasteiger partial charge in [-0.25, -0.2) is 0 Å². The van der Waals surface area contributed by atoms with Gasteiger partial charge in [-0.15, -0.1) is 0 Å². The molecular weight excluding hydrogens is 260 g/mol. The second-order valence-corrected chi connectivity index (χ2v) is 5.68. The summed E-state index contributed by atoms with van der Waals surface area (Å²) in [6.07, 6.45) is 1.77. The lowest BCUT2D eigenvalue weighted by Gasteiger charge is -2.18. The number of methoxy groups -OCH3 is 1. The molecule has 0 heterocycles. The van der Waals surface area contributed by atoms with E-state index in [9.17, 15) is 5.11 Å². The van der Waals surface area contributed by atoms with E-state index >= 15 is 0 Å². The predicted molar refractivity (Wildman–Crippen MR) is 86.9 cm³/mol. The normalized spacial score (nSPS) is 12.2. The minimum atomic E-state index is 0.199. The van der Waals surface area contributed by atoms with Crippen LogP contribution >= 0.6 is 0 Å². The number of benzene rings is 2. The fraction of sp³-hybridized carbons (Fsp3) is 0.368. The molecule has 0 radical (unpaired) electrons. The highest BCUT2D eigenvalue weighted by Gasteiger charge is 2.13. The third kappa shape index (κ3) is 4.08. The molecule has 2 nitrogen and oxygen atoms in total. The van der Waals surface area contributed by atoms with Crippen molar-refractivity contribution in [3.05, 3.63) is 64.7 Å². The van der Waals surface area contributed by atoms with Gasteiger partial charge in [-0.05, 0) is 67.0 Å². The van der Waals surface area contributed by atoms with Gasteiger partial charge in [-0.2, -0.15) is 0 Å². The molecule has 2 rings (SSSR count). The van der Waals surface area contributed by atoms with Crippen LogP contribution in [0.4, 0.5) is 0 Å². The zero-order chi connectivity index (χ0) is 15.2. The maximum absolute atomic E-state index is 9.73. The standard InChI is InChI=1S/C19H24O2/c1-14-6-4-7-15(2)19(14)12-17(13-20)10-16-8-5-9-18(11-16)21-3/h4-9,11,17,20H,10,12-13H2,1-3H3. The first-order chi connectivity index (χ1) is 10.1. The lowest BCUT2D eigenvalue weighted by atomic mass is 9.89. The minimum absolute atomic E-state index is 0.199. The molecule has 21 heavy (non-hydrogen) atoms. The van der Waals surface area contributed by atoms with Crippen LogP contribution < -0.4 is 4.74 Å². The summed E-state index contributed by atoms with van der Waals surface area (Å²) < 4.78 is 5.26. The predicted octanol–water partition coefficient (Wildman–Crippen LogP) is 3.71. The van der Waals surface area contributed by atoms with Gasteiger partial charge >= 0.3 is 0 Å². The van der Waals surface area contributed by atoms with Crippen molar-refractivity contribution in [1.29, 1.82) is 0 Å². The van der Waals surface area contributed by atoms with Crippen molar-refractivity contribution in [3.8, 4) is 5.75 Å². The van der Waals surface area contributed by atoms with Crippen molar-refractivity contribution in [2.75, 3.05) is 13.7 Å². The van der Waals surface area contributed by atoms with Gasteiger partial charge in [0, 0.05) is 6.61 Å². The van der Waals surface area contributed by atoms with Gasteiger partial charge in [0.1, 0.15) is 5.75 Å². The van der Waals surface area contributed by atoms with E-state index in [0.29, 0.717) is 0 Å². The minimum Gasteiger partial charge on any atom is -0.497 e. The van der Waals surface area contributed by atoms with E-state index in [-0.39, 0.29) is 12.5 Å². The highest BCUT2D eigenvalue weighted by atomic mass is 16.5. The molecule has 0 saturated heterocycles. The van der Waals surface area contributed by atoms with Gasteiger partial charge in [0.05, 0.1) is 7.11 Å². The van der Waals surface area contributed by atoms with Crippen molar-refractivity contribution < 1.29 is 9.84 Å². The third-order valence-electron chi connectivity index (χ3n) is 4.05. The van der Waals surface area contributed by atoms with E-state index < -0.39 is 0 Å². The van der Waals surface area contributed by atoms with Crippen LogP contribution in [0.3, 0.4) is 0 Å². The van der Waals surface area contributed by atoms with Crippen LogP contribution in [-0.4, -0.2) is 18.8 Å². The Morgan fingerprint density at radius 3 is 2.29 bits per heavy atom. The average molecular weight is 284 g/mol. The van der Waals surface area contributed by atoms with E-state index in [1.807, 2.05) is 18.2 Å². The molecular formula is C19H24O2. The van der Waals surface area contributed by atoms with Crippen LogP contribution in [0.5, 0.6) is 5.75 Å². The van der Waals surface area contributed by atoms with Crippen molar-refractivity contribution >= 4 is 0 Å². The van der Waals surface area contributed by atoms with Crippen molar-refractivity contribution in [3.63, 3.8) is 0 Å². The fourth-order valence-electron chi connectivity index (χ4n) is 2.79. The summed E-state index contributed by atoms with van der Waals surface area (Å²) in [6.45, 7) is 4.48. The quantitative estimate of drug-likeness (QED) is 0.876. The molecule has 0 spiro atoms. The molecule has 0 bridgehead atoms. The molecule has 0 aliphatic rings. The van der Waals surface area contributed by atoms with E-state index in [1.165, 1.54) is 22.3 Å². The Labute approximate surface area is 127 Å². The summed E-state index contributed by atoms with van der Waals surface area (Å²) in [7, 11) is 1.68. The van der Waals surface area contributed by atoms with E-state index in [0.717, 1.165) is 18.6 Å². The highest BCUT2D eigenvalue weighted by molar-refractivity contribution is 5.34. The van der Waals surface area contributed by atoms with Gasteiger partial charge in [0.2, 0.25) is 0 Å². The molecule has 0 aliphatic heterocycles. The molecule has 0 fully saturated rings. The van der Waals surface area contributed by atoms with Gasteiger partial charge in [0.25, 0.3) is 0 Å². The third-order valence-corrected chi connectivity index (χ3v) is 4.05. The van der Waals surface area contributed by atoms with Crippen LogP contribution in [0.15, 0.2) is 42.5 Å². The monoisotopic (exact) mass is 284 g/mol. The van der Waals surface area contributed by atoms with Crippen LogP contribution in [0.2, 0.25) is 0 Å². The molecule has 0 aromatic heterocycles. The second-order valence-electron chi connectivity index (χ2n) is 5.68. The van der Waals surface area contributed by atoms with Gasteiger partial charge < -0.3 is 9.84 Å². The Morgan fingerprint density at radius 2 is 1.67 bits per heavy atom. The number of aliphatic hydroxyl groups is 1. The van der Waals surface area contributed by atoms with Crippen LogP contribution in [0, 0.1) is 19.8 Å². The SMILES string of the molecule is COc1cccc(CC(CO)Cc2c(C)cccc2C)c1. The second kappa shape index (κ2) is 7.28. The van der Waals surface area contributed by atoms with Crippen molar-refractivity contribution in [1.82, 2.24) is 0 Å². The number of ether oxygens (including phenoxy) is 1. The van der Waals surface area contributed by atoms with Gasteiger partial charge in [-0.3, -0.25) is 0 Å². The first-order valence-corrected chi connectivity index (χ1v) is 7.43. The zero-order valence-electron chi connectivity index (χ0n) is 13.1. The zero-order valence-corrected chi connectivity index (χ0v) is 13.1. The largest absolute Gasteiger partial charge is 0.497 e. The van der Waals surface area contributed by atoms with Gasteiger partial charge in [0.15, 0.2) is 0 Å². The van der Waals surface area contributed by atoms with Crippen LogP contribution in [0.25, 0.3) is 0 Å². The molecule has 1 unspecified atom stereocenters. The number of aliphatic hydroxyl groups excluding tert-OH is 1. The first kappa shape index (κ1) is 15.6. The summed E-state index contributed by atoms with van der Waals surface area (Å²) in [6, 6.07) is 14.5. The number of rotatable bonds is 6. The Hall–Kier alpha value is -1.80. The molecule has 2 aromatic carbocycles. The lowest BCUT2D eigenvalue weighted by molar-refractivity contribution is 0.224. The molecule has 2 heteroatoms. The Bertz CT molecular complexity index is 570.